The van der Waals surface area contributed by atoms with Gasteiger partial charge < -0.3 is 10.8 Å². The Balaban J connectivity index is 2.65. The van der Waals surface area contributed by atoms with Crippen molar-refractivity contribution < 1.29 is 9.90 Å². The van der Waals surface area contributed by atoms with Crippen LogP contribution in [0.2, 0.25) is 0 Å². The molecular weight excluding hydrogens is 180 g/mol. The van der Waals surface area contributed by atoms with E-state index in [9.17, 15) is 9.90 Å². The van der Waals surface area contributed by atoms with Crippen molar-refractivity contribution in [3.8, 4) is 0 Å². The zero-order chi connectivity index (χ0) is 10.6. The molecule has 0 saturated carbocycles. The molecule has 1 fully saturated rings. The summed E-state index contributed by atoms with van der Waals surface area (Å²) in [7, 11) is 0. The van der Waals surface area contributed by atoms with Crippen LogP contribution >= 0.6 is 0 Å². The Labute approximate surface area is 85.1 Å². The first-order valence-electron chi connectivity index (χ1n) is 5.36. The second-order valence-corrected chi connectivity index (χ2v) is 3.90. The van der Waals surface area contributed by atoms with Crippen LogP contribution in [-0.2, 0) is 4.79 Å². The van der Waals surface area contributed by atoms with Gasteiger partial charge in [0.2, 0.25) is 5.91 Å². The van der Waals surface area contributed by atoms with E-state index in [0.717, 1.165) is 32.2 Å². The Morgan fingerprint density at radius 1 is 1.64 bits per heavy atom. The van der Waals surface area contributed by atoms with Gasteiger partial charge in [0.15, 0.2) is 0 Å². The minimum atomic E-state index is -0.271. The van der Waals surface area contributed by atoms with E-state index in [1.165, 1.54) is 0 Å². The maximum atomic E-state index is 11.2. The van der Waals surface area contributed by atoms with Crippen molar-refractivity contribution in [2.24, 2.45) is 5.73 Å². The molecule has 82 valence electrons. The number of carbonyl (C=O) groups excluding carboxylic acids is 1. The second kappa shape index (κ2) is 5.32. The third-order valence-corrected chi connectivity index (χ3v) is 3.00. The van der Waals surface area contributed by atoms with E-state index in [-0.39, 0.29) is 24.6 Å². The molecular formula is C10H20N2O2. The number of primary amides is 1. The molecule has 1 saturated heterocycles. The highest BCUT2D eigenvalue weighted by atomic mass is 16.3. The molecule has 1 heterocycles. The molecule has 1 aliphatic heterocycles. The Bertz CT molecular complexity index is 197. The van der Waals surface area contributed by atoms with Crippen LogP contribution in [0.15, 0.2) is 0 Å². The average Bonchev–Trinajstić information content (AvgIpc) is 2.19. The molecule has 4 heteroatoms. The molecule has 0 aliphatic carbocycles. The fourth-order valence-corrected chi connectivity index (χ4v) is 2.23. The number of aliphatic hydroxyl groups is 1. The maximum absolute atomic E-state index is 11.2. The first kappa shape index (κ1) is 11.5. The Kier molecular flexibility index (Phi) is 4.35. The lowest BCUT2D eigenvalue weighted by molar-refractivity contribution is -0.125. The number of amides is 1. The predicted molar refractivity (Wildman–Crippen MR) is 54.7 cm³/mol. The van der Waals surface area contributed by atoms with Crippen LogP contribution in [0.1, 0.15) is 32.6 Å². The normalized spacial score (nSPS) is 26.0. The Hall–Kier alpha value is -0.610. The lowest BCUT2D eigenvalue weighted by atomic mass is 9.99. The summed E-state index contributed by atoms with van der Waals surface area (Å²) >= 11 is 0. The summed E-state index contributed by atoms with van der Waals surface area (Å²) in [6.45, 7) is 2.97. The third-order valence-electron chi connectivity index (χ3n) is 3.00. The van der Waals surface area contributed by atoms with Crippen LogP contribution in [0.5, 0.6) is 0 Å². The minimum absolute atomic E-state index is 0.126. The van der Waals surface area contributed by atoms with Crippen LogP contribution < -0.4 is 5.73 Å². The van der Waals surface area contributed by atoms with Gasteiger partial charge in [-0.05, 0) is 25.8 Å². The number of carbonyl (C=O) groups is 1. The summed E-state index contributed by atoms with van der Waals surface area (Å²) < 4.78 is 0. The van der Waals surface area contributed by atoms with Crippen molar-refractivity contribution in [3.63, 3.8) is 0 Å². The fraction of sp³-hybridized carbons (Fsp3) is 0.900. The zero-order valence-corrected chi connectivity index (χ0v) is 8.78. The molecule has 14 heavy (non-hydrogen) atoms. The minimum Gasteiger partial charge on any atom is -0.395 e. The summed E-state index contributed by atoms with van der Waals surface area (Å²) in [5, 5.41) is 9.19. The number of rotatable bonds is 4. The van der Waals surface area contributed by atoms with Crippen LogP contribution in [0.3, 0.4) is 0 Å². The van der Waals surface area contributed by atoms with E-state index < -0.39 is 0 Å². The second-order valence-electron chi connectivity index (χ2n) is 3.90. The third kappa shape index (κ3) is 2.45. The van der Waals surface area contributed by atoms with E-state index in [1.54, 1.807) is 0 Å². The highest BCUT2D eigenvalue weighted by Gasteiger charge is 2.30. The van der Waals surface area contributed by atoms with Crippen LogP contribution in [0.4, 0.5) is 0 Å². The summed E-state index contributed by atoms with van der Waals surface area (Å²) in [4.78, 5) is 13.3. The van der Waals surface area contributed by atoms with Gasteiger partial charge in [-0.25, -0.2) is 0 Å². The van der Waals surface area contributed by atoms with E-state index in [2.05, 4.69) is 4.90 Å². The molecule has 0 bridgehead atoms. The molecule has 0 aromatic rings. The predicted octanol–water partition coefficient (Wildman–Crippen LogP) is 0.0971. The van der Waals surface area contributed by atoms with E-state index >= 15 is 0 Å². The van der Waals surface area contributed by atoms with Crippen molar-refractivity contribution in [1.82, 2.24) is 4.90 Å². The SMILES string of the molecule is CCC(C(N)=O)N1CCCCC1CO. The van der Waals surface area contributed by atoms with Gasteiger partial charge in [-0.2, -0.15) is 0 Å². The van der Waals surface area contributed by atoms with Crippen LogP contribution in [-0.4, -0.2) is 41.1 Å². The van der Waals surface area contributed by atoms with Gasteiger partial charge in [0.05, 0.1) is 12.6 Å². The summed E-state index contributed by atoms with van der Waals surface area (Å²) in [6.07, 6.45) is 3.93. The van der Waals surface area contributed by atoms with Gasteiger partial charge in [0.25, 0.3) is 0 Å². The topological polar surface area (TPSA) is 66.6 Å². The average molecular weight is 200 g/mol. The fourth-order valence-electron chi connectivity index (χ4n) is 2.23. The number of hydrogen-bond donors (Lipinski definition) is 2. The molecule has 1 amide bonds. The van der Waals surface area contributed by atoms with Gasteiger partial charge in [-0.1, -0.05) is 13.3 Å². The molecule has 1 rings (SSSR count). The van der Waals surface area contributed by atoms with Crippen molar-refractivity contribution >= 4 is 5.91 Å². The Morgan fingerprint density at radius 2 is 2.36 bits per heavy atom. The first-order valence-corrected chi connectivity index (χ1v) is 5.36. The summed E-state index contributed by atoms with van der Waals surface area (Å²) in [5.74, 6) is -0.271. The maximum Gasteiger partial charge on any atom is 0.234 e. The first-order chi connectivity index (χ1) is 6.70. The van der Waals surface area contributed by atoms with Crippen LogP contribution in [0.25, 0.3) is 0 Å². The van der Waals surface area contributed by atoms with Crippen molar-refractivity contribution in [2.45, 2.75) is 44.7 Å². The van der Waals surface area contributed by atoms with Crippen LogP contribution in [0, 0.1) is 0 Å². The van der Waals surface area contributed by atoms with Crippen molar-refractivity contribution in [1.29, 1.82) is 0 Å². The standard InChI is InChI=1S/C10H20N2O2/c1-2-9(10(11)14)12-6-4-3-5-8(12)7-13/h8-9,13H,2-7H2,1H3,(H2,11,14). The largest absolute Gasteiger partial charge is 0.395 e. The molecule has 0 aromatic carbocycles. The van der Waals surface area contributed by atoms with E-state index in [1.807, 2.05) is 6.92 Å². The lowest BCUT2D eigenvalue weighted by Crippen LogP contribution is -2.52. The number of aliphatic hydroxyl groups excluding tert-OH is 1. The lowest BCUT2D eigenvalue weighted by Gasteiger charge is -2.38. The summed E-state index contributed by atoms with van der Waals surface area (Å²) in [6, 6.07) is -0.0753. The van der Waals surface area contributed by atoms with E-state index in [0.29, 0.717) is 0 Å². The molecule has 0 radical (unpaired) electrons. The highest BCUT2D eigenvalue weighted by molar-refractivity contribution is 5.79. The van der Waals surface area contributed by atoms with Gasteiger partial charge in [0, 0.05) is 6.04 Å². The van der Waals surface area contributed by atoms with Crippen molar-refractivity contribution in [2.75, 3.05) is 13.2 Å². The van der Waals surface area contributed by atoms with Gasteiger partial charge in [-0.15, -0.1) is 0 Å². The molecule has 4 nitrogen and oxygen atoms in total. The molecule has 2 atom stereocenters. The van der Waals surface area contributed by atoms with Gasteiger partial charge in [0.1, 0.15) is 0 Å². The number of likely N-dealkylation sites (tertiary alicyclic amines) is 1. The Morgan fingerprint density at radius 3 is 2.86 bits per heavy atom. The van der Waals surface area contributed by atoms with Gasteiger partial charge >= 0.3 is 0 Å². The zero-order valence-electron chi connectivity index (χ0n) is 8.78. The van der Waals surface area contributed by atoms with Crippen molar-refractivity contribution in [3.05, 3.63) is 0 Å². The number of hydrogen-bond acceptors (Lipinski definition) is 3. The molecule has 0 aromatic heterocycles. The smallest absolute Gasteiger partial charge is 0.234 e. The molecule has 1 aliphatic rings. The molecule has 3 N–H and O–H groups in total. The quantitative estimate of drug-likeness (QED) is 0.676. The molecule has 0 spiro atoms. The number of nitrogens with two attached hydrogens (primary N) is 1. The number of nitrogens with zero attached hydrogens (tertiary/aromatic N) is 1. The monoisotopic (exact) mass is 200 g/mol. The number of piperidine rings is 1. The van der Waals surface area contributed by atoms with E-state index in [4.69, 9.17) is 5.73 Å². The van der Waals surface area contributed by atoms with Gasteiger partial charge in [-0.3, -0.25) is 9.69 Å². The highest BCUT2D eigenvalue weighted by Crippen LogP contribution is 2.20. The molecule has 2 unspecified atom stereocenters. The summed E-state index contributed by atoms with van der Waals surface area (Å²) in [5.41, 5.74) is 5.33.